The third kappa shape index (κ3) is 6.99. The minimum absolute atomic E-state index is 1.30. The summed E-state index contributed by atoms with van der Waals surface area (Å²) in [6.45, 7) is 0. The van der Waals surface area contributed by atoms with Crippen molar-refractivity contribution in [2.45, 2.75) is 84.6 Å². The Hall–Kier alpha value is 3.04. The summed E-state index contributed by atoms with van der Waals surface area (Å²) in [5.74, 6) is 0. The molecule has 0 aromatic carbocycles. The summed E-state index contributed by atoms with van der Waals surface area (Å²) >= 11 is 3.38. The summed E-state index contributed by atoms with van der Waals surface area (Å²) in [5.41, 5.74) is 0. The van der Waals surface area contributed by atoms with E-state index in [1.165, 1.54) is 0 Å². The third-order valence-corrected chi connectivity index (χ3v) is 39.8. The van der Waals surface area contributed by atoms with Crippen LogP contribution in [0.25, 0.3) is 0 Å². The summed E-state index contributed by atoms with van der Waals surface area (Å²) in [4.78, 5) is 0. The van der Waals surface area contributed by atoms with E-state index in [9.17, 15) is 0 Å². The Balaban J connectivity index is 1.56. The van der Waals surface area contributed by atoms with E-state index >= 15 is 0 Å². The molecule has 2 heterocycles. The van der Waals surface area contributed by atoms with Gasteiger partial charge in [-0.05, 0) is 0 Å². The molecule has 2 saturated heterocycles. The molecule has 0 aliphatic carbocycles. The number of halogens is 2. The van der Waals surface area contributed by atoms with Crippen LogP contribution in [0.15, 0.2) is 0 Å². The second kappa shape index (κ2) is 9.36. The van der Waals surface area contributed by atoms with Crippen molar-refractivity contribution in [2.75, 3.05) is 0 Å². The van der Waals surface area contributed by atoms with E-state index in [1.807, 2.05) is 0 Å². The maximum absolute atomic E-state index is 2.99. The quantitative estimate of drug-likeness (QED) is 0.154. The normalized spacial score (nSPS) is 29.6. The molecule has 116 valence electrons. The molecule has 0 nitrogen and oxygen atoms in total. The summed E-state index contributed by atoms with van der Waals surface area (Å²) in [6, 6.07) is 0. The molecule has 0 bridgehead atoms. The topological polar surface area (TPSA) is 0 Å². The summed E-state index contributed by atoms with van der Waals surface area (Å²) in [5, 5.41) is 0. The molecule has 0 N–H and O–H groups in total. The van der Waals surface area contributed by atoms with E-state index in [4.69, 9.17) is 0 Å². The molecule has 0 aromatic rings. The summed E-state index contributed by atoms with van der Waals surface area (Å²) in [7, 11) is 0. The van der Waals surface area contributed by atoms with E-state index < -0.39 is 28.5 Å². The zero-order valence-electron chi connectivity index (χ0n) is 12.2. The van der Waals surface area contributed by atoms with Gasteiger partial charge in [0.25, 0.3) is 0 Å². The fourth-order valence-corrected chi connectivity index (χ4v) is 31.7. The van der Waals surface area contributed by atoms with Gasteiger partial charge in [0.2, 0.25) is 0 Å². The fourth-order valence-electron chi connectivity index (χ4n) is 3.31. The standard InChI is InChI=1S/C15H30I2Te2/c16-18(10-4-1-5-11-18)14-8-3-9-15-19(17)12-6-2-7-13-19/h1-15H2. The van der Waals surface area contributed by atoms with E-state index in [-0.39, 0.29) is 0 Å². The Bertz CT molecular complexity index is 233. The van der Waals surface area contributed by atoms with Gasteiger partial charge in [0, 0.05) is 0 Å². The second-order valence-electron chi connectivity index (χ2n) is 6.29. The van der Waals surface area contributed by atoms with Crippen LogP contribution in [0, 0.1) is 0 Å². The van der Waals surface area contributed by atoms with Gasteiger partial charge in [-0.15, -0.1) is 0 Å². The Morgan fingerprint density at radius 3 is 1.26 bits per heavy atom. The van der Waals surface area contributed by atoms with Gasteiger partial charge >= 0.3 is 150 Å². The average Bonchev–Trinajstić information content (AvgIpc) is 2.40. The van der Waals surface area contributed by atoms with Crippen molar-refractivity contribution in [3.05, 3.63) is 0 Å². The Morgan fingerprint density at radius 2 is 0.895 bits per heavy atom. The molecule has 2 aliphatic rings. The monoisotopic (exact) mass is 724 g/mol. The van der Waals surface area contributed by atoms with Gasteiger partial charge in [0.05, 0.1) is 0 Å². The molecular formula is C15H30I2Te2. The number of unbranched alkanes of at least 4 members (excludes halogenated alkanes) is 2. The molecule has 2 fully saturated rings. The SMILES string of the molecule is I[Te]1(CCCCC[Te]2(I)CCCCC2)CCCCC1. The van der Waals surface area contributed by atoms with Gasteiger partial charge in [0.1, 0.15) is 0 Å². The average molecular weight is 719 g/mol. The van der Waals surface area contributed by atoms with Gasteiger partial charge < -0.3 is 0 Å². The minimum atomic E-state index is -1.30. The first-order valence-corrected chi connectivity index (χ1v) is 31.5. The Labute approximate surface area is 148 Å². The van der Waals surface area contributed by atoms with E-state index in [2.05, 4.69) is 37.4 Å². The van der Waals surface area contributed by atoms with Crippen molar-refractivity contribution in [3.8, 4) is 0 Å². The van der Waals surface area contributed by atoms with Gasteiger partial charge in [-0.2, -0.15) is 0 Å². The Kier molecular flexibility index (Phi) is 9.06. The van der Waals surface area contributed by atoms with Crippen molar-refractivity contribution in [1.29, 1.82) is 0 Å². The maximum atomic E-state index is 2.99. The predicted octanol–water partition coefficient (Wildman–Crippen LogP) is 7.29. The first-order valence-electron chi connectivity index (χ1n) is 8.04. The van der Waals surface area contributed by atoms with Crippen molar-refractivity contribution in [3.63, 3.8) is 0 Å². The van der Waals surface area contributed by atoms with E-state index in [0.717, 1.165) is 0 Å². The molecule has 0 spiro atoms. The van der Waals surface area contributed by atoms with Crippen molar-refractivity contribution >= 4 is 65.9 Å². The van der Waals surface area contributed by atoms with Gasteiger partial charge in [-0.3, -0.25) is 0 Å². The molecule has 0 atom stereocenters. The van der Waals surface area contributed by atoms with Crippen molar-refractivity contribution < 1.29 is 0 Å². The fraction of sp³-hybridized carbons (Fsp3) is 1.00. The van der Waals surface area contributed by atoms with Crippen molar-refractivity contribution in [1.82, 2.24) is 0 Å². The van der Waals surface area contributed by atoms with Crippen LogP contribution in [0.3, 0.4) is 0 Å². The van der Waals surface area contributed by atoms with Gasteiger partial charge in [0.15, 0.2) is 0 Å². The zero-order chi connectivity index (χ0) is 13.6. The first-order chi connectivity index (χ1) is 9.12. The second-order valence-corrected chi connectivity index (χ2v) is 49.1. The van der Waals surface area contributed by atoms with Crippen LogP contribution >= 0.6 is 37.4 Å². The van der Waals surface area contributed by atoms with Crippen molar-refractivity contribution in [2.24, 2.45) is 0 Å². The molecule has 2 rings (SSSR count). The van der Waals surface area contributed by atoms with E-state index in [1.54, 1.807) is 84.6 Å². The molecule has 4 heteroatoms. The first kappa shape index (κ1) is 18.4. The summed E-state index contributed by atoms with van der Waals surface area (Å²) in [6.07, 6.45) is 14.2. The molecule has 0 radical (unpaired) electrons. The number of rotatable bonds is 6. The zero-order valence-corrected chi connectivity index (χ0v) is 21.2. The van der Waals surface area contributed by atoms with Crippen LogP contribution in [-0.2, 0) is 0 Å². The molecule has 2 aliphatic heterocycles. The molecule has 0 amide bonds. The van der Waals surface area contributed by atoms with Gasteiger partial charge in [-0.25, -0.2) is 0 Å². The van der Waals surface area contributed by atoms with Crippen LogP contribution < -0.4 is 0 Å². The molecule has 19 heavy (non-hydrogen) atoms. The molecule has 0 saturated carbocycles. The van der Waals surface area contributed by atoms with Crippen LogP contribution in [0.2, 0.25) is 26.8 Å². The summed E-state index contributed by atoms with van der Waals surface area (Å²) < 4.78 is 10.2. The predicted molar refractivity (Wildman–Crippen MR) is 110 cm³/mol. The molecule has 0 unspecified atom stereocenters. The van der Waals surface area contributed by atoms with Crippen LogP contribution in [0.5, 0.6) is 0 Å². The third-order valence-electron chi connectivity index (χ3n) is 4.56. The van der Waals surface area contributed by atoms with Crippen LogP contribution in [-0.4, -0.2) is 28.5 Å². The van der Waals surface area contributed by atoms with Crippen LogP contribution in [0.4, 0.5) is 0 Å². The number of hydrogen-bond donors (Lipinski definition) is 0. The van der Waals surface area contributed by atoms with Crippen LogP contribution in [0.1, 0.15) is 57.8 Å². The number of hydrogen-bond acceptors (Lipinski definition) is 0. The van der Waals surface area contributed by atoms with Gasteiger partial charge in [-0.1, -0.05) is 0 Å². The molecule has 0 aromatic heterocycles. The Morgan fingerprint density at radius 1 is 0.526 bits per heavy atom. The molecular weight excluding hydrogens is 689 g/mol. The van der Waals surface area contributed by atoms with E-state index in [0.29, 0.717) is 0 Å².